The van der Waals surface area contributed by atoms with Crippen molar-refractivity contribution in [3.63, 3.8) is 0 Å². The topological polar surface area (TPSA) is 117 Å². The molecule has 1 aliphatic rings. The Bertz CT molecular complexity index is 1470. The number of hydrogen-bond donors (Lipinski definition) is 2. The maximum atomic E-state index is 14.7. The van der Waals surface area contributed by atoms with Crippen LogP contribution in [0.2, 0.25) is 0 Å². The van der Waals surface area contributed by atoms with E-state index in [9.17, 15) is 41.4 Å². The van der Waals surface area contributed by atoms with Gasteiger partial charge in [0.2, 0.25) is 11.3 Å². The van der Waals surface area contributed by atoms with E-state index in [1.807, 2.05) is 0 Å². The van der Waals surface area contributed by atoms with Gasteiger partial charge in [-0.05, 0) is 26.0 Å². The zero-order chi connectivity index (χ0) is 27.3. The lowest BCUT2D eigenvalue weighted by atomic mass is 9.99. The lowest BCUT2D eigenvalue weighted by Crippen LogP contribution is -2.47. The summed E-state index contributed by atoms with van der Waals surface area (Å²) in [4.78, 5) is 47.4. The van der Waals surface area contributed by atoms with Crippen molar-refractivity contribution in [3.8, 4) is 5.82 Å². The second-order valence-corrected chi connectivity index (χ2v) is 9.23. The van der Waals surface area contributed by atoms with Crippen molar-refractivity contribution in [1.29, 1.82) is 0 Å². The molecule has 0 aromatic carbocycles. The minimum absolute atomic E-state index is 0.00762. The summed E-state index contributed by atoms with van der Waals surface area (Å²) in [5.41, 5.74) is -3.63. The number of nitrogens with one attached hydrogen (secondary N) is 1. The van der Waals surface area contributed by atoms with Crippen LogP contribution in [0.1, 0.15) is 37.0 Å². The number of aliphatic hydroxyl groups excluding tert-OH is 1. The lowest BCUT2D eigenvalue weighted by Gasteiger charge is -2.27. The molecule has 1 aliphatic heterocycles. The number of fused-ring (bicyclic) bond motifs is 1. The Morgan fingerprint density at radius 3 is 2.51 bits per heavy atom. The number of β-amino-alcohol motifs (C(OH)–C–C–N with tert-alkyl or cyclic N) is 1. The Morgan fingerprint density at radius 2 is 1.92 bits per heavy atom. The molecular formula is C23H20F5N5O4. The molecule has 4 heterocycles. The quantitative estimate of drug-likeness (QED) is 0.495. The molecule has 1 saturated heterocycles. The average Bonchev–Trinajstić information content (AvgIpc) is 3.10. The van der Waals surface area contributed by atoms with Crippen LogP contribution in [-0.2, 0) is 4.79 Å². The Kier molecular flexibility index (Phi) is 6.48. The van der Waals surface area contributed by atoms with Crippen LogP contribution < -0.4 is 15.6 Å². The minimum Gasteiger partial charge on any atom is -0.391 e. The molecule has 0 bridgehead atoms. The summed E-state index contributed by atoms with van der Waals surface area (Å²) in [6.07, 6.45) is -5.59. The fourth-order valence-corrected chi connectivity index (χ4v) is 4.08. The molecule has 0 radical (unpaired) electrons. The summed E-state index contributed by atoms with van der Waals surface area (Å²) < 4.78 is 67.9. The molecule has 1 fully saturated rings. The highest BCUT2D eigenvalue weighted by molar-refractivity contribution is 5.99. The molecule has 14 heteroatoms. The molecule has 0 unspecified atom stereocenters. The molecule has 4 rings (SSSR count). The molecule has 37 heavy (non-hydrogen) atoms. The molecule has 0 spiro atoms. The van der Waals surface area contributed by atoms with Gasteiger partial charge in [-0.3, -0.25) is 23.9 Å². The van der Waals surface area contributed by atoms with Crippen LogP contribution in [0.4, 0.5) is 27.8 Å². The summed E-state index contributed by atoms with van der Waals surface area (Å²) in [5.74, 6) is -4.38. The van der Waals surface area contributed by atoms with Gasteiger partial charge in [-0.2, -0.15) is 13.2 Å². The Balaban J connectivity index is 1.89. The standard InChI is InChI=1S/C23H20F5N5O4/c1-22(2,10-23(26,27)28)31-21(37)14-9-33(20-15(25)5-11(24)7-29-20)19-13(18(14)36)3-4-16(30-19)32-8-12(34)6-17(32)35/h3-5,7,9,12,34H,6,8,10H2,1-2H3,(H,31,37)/t12-/m0/s1. The normalized spacial score (nSPS) is 16.5. The number of nitrogens with zero attached hydrogens (tertiary/aromatic N) is 4. The van der Waals surface area contributed by atoms with Crippen molar-refractivity contribution in [3.05, 3.63) is 58.0 Å². The van der Waals surface area contributed by atoms with Gasteiger partial charge in [0.05, 0.1) is 37.1 Å². The third kappa shape index (κ3) is 5.43. The molecule has 0 aliphatic carbocycles. The van der Waals surface area contributed by atoms with E-state index in [0.29, 0.717) is 12.3 Å². The van der Waals surface area contributed by atoms with E-state index in [-0.39, 0.29) is 29.8 Å². The third-order valence-corrected chi connectivity index (χ3v) is 5.57. The Hall–Kier alpha value is -3.94. The van der Waals surface area contributed by atoms with Gasteiger partial charge in [0, 0.05) is 17.8 Å². The first-order valence-corrected chi connectivity index (χ1v) is 10.9. The molecule has 1 atom stereocenters. The van der Waals surface area contributed by atoms with Gasteiger partial charge in [-0.1, -0.05) is 0 Å². The number of aromatic nitrogens is 3. The Labute approximate surface area is 205 Å². The van der Waals surface area contributed by atoms with Gasteiger partial charge in [0.15, 0.2) is 17.3 Å². The fourth-order valence-electron chi connectivity index (χ4n) is 4.08. The monoisotopic (exact) mass is 525 g/mol. The maximum absolute atomic E-state index is 14.7. The molecule has 2 N–H and O–H groups in total. The number of aliphatic hydroxyl groups is 1. The number of pyridine rings is 3. The van der Waals surface area contributed by atoms with Gasteiger partial charge in [-0.15, -0.1) is 0 Å². The second kappa shape index (κ2) is 9.18. The average molecular weight is 525 g/mol. The van der Waals surface area contributed by atoms with E-state index in [1.54, 1.807) is 0 Å². The molecule has 196 valence electrons. The van der Waals surface area contributed by atoms with Gasteiger partial charge in [0.1, 0.15) is 17.2 Å². The zero-order valence-corrected chi connectivity index (χ0v) is 19.4. The van der Waals surface area contributed by atoms with Crippen LogP contribution in [0.3, 0.4) is 0 Å². The third-order valence-electron chi connectivity index (χ3n) is 5.57. The lowest BCUT2D eigenvalue weighted by molar-refractivity contribution is -0.146. The molecule has 3 aromatic rings. The van der Waals surface area contributed by atoms with Crippen LogP contribution in [0, 0.1) is 11.6 Å². The fraction of sp³-hybridized carbons (Fsp3) is 0.348. The predicted octanol–water partition coefficient (Wildman–Crippen LogP) is 2.62. The van der Waals surface area contributed by atoms with Gasteiger partial charge in [0.25, 0.3) is 5.91 Å². The summed E-state index contributed by atoms with van der Waals surface area (Å²) in [5, 5.41) is 11.7. The van der Waals surface area contributed by atoms with Crippen molar-refractivity contribution >= 4 is 28.7 Å². The van der Waals surface area contributed by atoms with Crippen LogP contribution >= 0.6 is 0 Å². The number of carbonyl (C=O) groups excluding carboxylic acids is 2. The van der Waals surface area contributed by atoms with Crippen LogP contribution in [0.5, 0.6) is 0 Å². The molecule has 0 saturated carbocycles. The van der Waals surface area contributed by atoms with Crippen molar-refractivity contribution in [2.24, 2.45) is 0 Å². The molecule has 9 nitrogen and oxygen atoms in total. The highest BCUT2D eigenvalue weighted by Crippen LogP contribution is 2.28. The Morgan fingerprint density at radius 1 is 1.22 bits per heavy atom. The van der Waals surface area contributed by atoms with E-state index in [4.69, 9.17) is 0 Å². The van der Waals surface area contributed by atoms with Crippen LogP contribution in [0.15, 0.2) is 35.4 Å². The van der Waals surface area contributed by atoms with Gasteiger partial charge in [-0.25, -0.2) is 18.7 Å². The molecule has 2 amide bonds. The highest BCUT2D eigenvalue weighted by Gasteiger charge is 2.38. The maximum Gasteiger partial charge on any atom is 0.391 e. The predicted molar refractivity (Wildman–Crippen MR) is 120 cm³/mol. The first-order chi connectivity index (χ1) is 17.1. The van der Waals surface area contributed by atoms with Crippen molar-refractivity contribution < 1.29 is 36.6 Å². The number of amides is 2. The number of anilines is 1. The summed E-state index contributed by atoms with van der Waals surface area (Å²) in [7, 11) is 0. The number of carbonyl (C=O) groups is 2. The number of alkyl halides is 3. The largest absolute Gasteiger partial charge is 0.391 e. The molecule has 3 aromatic heterocycles. The SMILES string of the molecule is CC(C)(CC(F)(F)F)NC(=O)c1cn(-c2ncc(F)cc2F)c2nc(N3C[C@@H](O)CC3=O)ccc2c1=O. The first-order valence-electron chi connectivity index (χ1n) is 10.9. The summed E-state index contributed by atoms with van der Waals surface area (Å²) in [6.45, 7) is 2.16. The van der Waals surface area contributed by atoms with E-state index in [1.165, 1.54) is 12.1 Å². The van der Waals surface area contributed by atoms with Crippen LogP contribution in [-0.4, -0.2) is 55.8 Å². The number of halogens is 5. The minimum atomic E-state index is -4.61. The van der Waals surface area contributed by atoms with E-state index in [2.05, 4.69) is 15.3 Å². The smallest absolute Gasteiger partial charge is 0.391 e. The van der Waals surface area contributed by atoms with Crippen molar-refractivity contribution in [2.75, 3.05) is 11.4 Å². The highest BCUT2D eigenvalue weighted by atomic mass is 19.4. The summed E-state index contributed by atoms with van der Waals surface area (Å²) in [6, 6.07) is 2.98. The number of hydrogen-bond acceptors (Lipinski definition) is 6. The van der Waals surface area contributed by atoms with Gasteiger partial charge < -0.3 is 10.4 Å². The first kappa shape index (κ1) is 26.1. The van der Waals surface area contributed by atoms with E-state index < -0.39 is 64.5 Å². The van der Waals surface area contributed by atoms with Gasteiger partial charge >= 0.3 is 6.18 Å². The molecular weight excluding hydrogens is 505 g/mol. The van der Waals surface area contributed by atoms with Crippen molar-refractivity contribution in [2.45, 2.75) is 44.5 Å². The van der Waals surface area contributed by atoms with Crippen LogP contribution in [0.25, 0.3) is 16.9 Å². The number of rotatable bonds is 5. The van der Waals surface area contributed by atoms with E-state index >= 15 is 0 Å². The zero-order valence-electron chi connectivity index (χ0n) is 19.4. The van der Waals surface area contributed by atoms with E-state index in [0.717, 1.165) is 29.5 Å². The second-order valence-electron chi connectivity index (χ2n) is 9.23. The van der Waals surface area contributed by atoms with Crippen molar-refractivity contribution in [1.82, 2.24) is 19.9 Å². The summed E-state index contributed by atoms with van der Waals surface area (Å²) >= 11 is 0.